The van der Waals surface area contributed by atoms with Crippen LogP contribution in [0, 0.1) is 5.92 Å². The van der Waals surface area contributed by atoms with E-state index in [-0.39, 0.29) is 17.5 Å². The number of likely N-dealkylation sites (tertiary alicyclic amines) is 1. The average Bonchev–Trinajstić information content (AvgIpc) is 2.70. The lowest BCUT2D eigenvalue weighted by Crippen LogP contribution is -2.44. The quantitative estimate of drug-likeness (QED) is 0.731. The van der Waals surface area contributed by atoms with Crippen LogP contribution in [0.25, 0.3) is 0 Å². The number of hydrogen-bond donors (Lipinski definition) is 2. The molecule has 2 aromatic rings. The number of carbonyl (C=O) groups excluding carboxylic acids is 2. The van der Waals surface area contributed by atoms with Crippen molar-refractivity contribution in [3.8, 4) is 0 Å². The molecule has 0 aliphatic carbocycles. The summed E-state index contributed by atoms with van der Waals surface area (Å²) in [6.07, 6.45) is -3.59. The number of halogens is 4. The molecule has 5 nitrogen and oxygen atoms in total. The zero-order valence-electron chi connectivity index (χ0n) is 16.0. The lowest BCUT2D eigenvalue weighted by Gasteiger charge is -2.36. The molecule has 1 atom stereocenters. The van der Waals surface area contributed by atoms with E-state index in [1.165, 1.54) is 6.07 Å². The van der Waals surface area contributed by atoms with Gasteiger partial charge in [-0.25, -0.2) is 0 Å². The van der Waals surface area contributed by atoms with Gasteiger partial charge in [0.05, 0.1) is 10.6 Å². The van der Waals surface area contributed by atoms with E-state index in [0.717, 1.165) is 12.1 Å². The maximum atomic E-state index is 13.1. The Balaban J connectivity index is 1.84. The Labute approximate surface area is 177 Å². The molecule has 1 fully saturated rings. The number of nitrogens with one attached hydrogen (secondary N) is 1. The molecular formula is C21H21ClF3N3O2. The van der Waals surface area contributed by atoms with Crippen molar-refractivity contribution in [2.24, 2.45) is 11.7 Å². The van der Waals surface area contributed by atoms with Crippen LogP contribution in [0.2, 0.25) is 5.02 Å². The lowest BCUT2D eigenvalue weighted by atomic mass is 9.93. The third-order valence-corrected chi connectivity index (χ3v) is 5.53. The van der Waals surface area contributed by atoms with Gasteiger partial charge in [0, 0.05) is 11.6 Å². The van der Waals surface area contributed by atoms with Gasteiger partial charge in [-0.1, -0.05) is 41.9 Å². The second kappa shape index (κ2) is 9.06. The van der Waals surface area contributed by atoms with E-state index in [1.807, 2.05) is 11.0 Å². The van der Waals surface area contributed by atoms with E-state index in [4.69, 9.17) is 17.3 Å². The van der Waals surface area contributed by atoms with Gasteiger partial charge >= 0.3 is 6.18 Å². The van der Waals surface area contributed by atoms with Gasteiger partial charge in [0.15, 0.2) is 0 Å². The monoisotopic (exact) mass is 439 g/mol. The molecule has 1 aliphatic heterocycles. The molecule has 1 saturated heterocycles. The molecule has 0 bridgehead atoms. The van der Waals surface area contributed by atoms with E-state index in [1.54, 1.807) is 24.3 Å². The Morgan fingerprint density at radius 1 is 1.10 bits per heavy atom. The highest BCUT2D eigenvalue weighted by atomic mass is 35.5. The molecule has 9 heteroatoms. The summed E-state index contributed by atoms with van der Waals surface area (Å²) >= 11 is 5.66. The predicted octanol–water partition coefficient (Wildman–Crippen LogP) is 4.24. The van der Waals surface area contributed by atoms with Crippen molar-refractivity contribution < 1.29 is 22.8 Å². The Hall–Kier alpha value is -2.58. The Kier molecular flexibility index (Phi) is 6.67. The van der Waals surface area contributed by atoms with Crippen LogP contribution in [0.3, 0.4) is 0 Å². The number of carbonyl (C=O) groups is 2. The zero-order valence-corrected chi connectivity index (χ0v) is 16.7. The van der Waals surface area contributed by atoms with E-state index in [9.17, 15) is 22.8 Å². The summed E-state index contributed by atoms with van der Waals surface area (Å²) in [5, 5.41) is 2.14. The number of benzene rings is 2. The maximum absolute atomic E-state index is 13.1. The summed E-state index contributed by atoms with van der Waals surface area (Å²) in [5.74, 6) is -1.07. The maximum Gasteiger partial charge on any atom is 0.417 e. The molecule has 30 heavy (non-hydrogen) atoms. The molecule has 0 radical (unpaired) electrons. The van der Waals surface area contributed by atoms with Crippen LogP contribution < -0.4 is 11.1 Å². The summed E-state index contributed by atoms with van der Waals surface area (Å²) in [6.45, 7) is 0.935. The van der Waals surface area contributed by atoms with Crippen molar-refractivity contribution in [1.29, 1.82) is 0 Å². The first kappa shape index (κ1) is 22.1. The summed E-state index contributed by atoms with van der Waals surface area (Å²) < 4.78 is 39.4. The van der Waals surface area contributed by atoms with Crippen LogP contribution in [0.15, 0.2) is 48.5 Å². The fourth-order valence-corrected chi connectivity index (χ4v) is 3.86. The van der Waals surface area contributed by atoms with Crippen molar-refractivity contribution in [2.45, 2.75) is 25.1 Å². The van der Waals surface area contributed by atoms with Gasteiger partial charge in [-0.15, -0.1) is 0 Å². The molecule has 160 valence electrons. The van der Waals surface area contributed by atoms with Gasteiger partial charge in [0.2, 0.25) is 11.8 Å². The Bertz CT molecular complexity index is 913. The van der Waals surface area contributed by atoms with Crippen LogP contribution in [0.4, 0.5) is 18.9 Å². The fraction of sp³-hybridized carbons (Fsp3) is 0.333. The highest BCUT2D eigenvalue weighted by Gasteiger charge is 2.35. The minimum atomic E-state index is -4.63. The molecule has 3 rings (SSSR count). The number of amides is 2. The van der Waals surface area contributed by atoms with Crippen molar-refractivity contribution in [2.75, 3.05) is 18.4 Å². The molecule has 1 unspecified atom stereocenters. The second-order valence-corrected chi connectivity index (χ2v) is 7.61. The van der Waals surface area contributed by atoms with Crippen LogP contribution in [-0.4, -0.2) is 29.8 Å². The molecule has 1 heterocycles. The minimum absolute atomic E-state index is 0.00433. The van der Waals surface area contributed by atoms with Crippen molar-refractivity contribution in [3.05, 3.63) is 64.7 Å². The highest BCUT2D eigenvalue weighted by molar-refractivity contribution is 6.31. The molecule has 2 amide bonds. The first-order valence-electron chi connectivity index (χ1n) is 9.42. The highest BCUT2D eigenvalue weighted by Crippen LogP contribution is 2.36. The van der Waals surface area contributed by atoms with Crippen LogP contribution in [0.5, 0.6) is 0 Å². The molecule has 3 N–H and O–H groups in total. The molecule has 0 aromatic heterocycles. The summed E-state index contributed by atoms with van der Waals surface area (Å²) in [7, 11) is 0. The van der Waals surface area contributed by atoms with Gasteiger partial charge < -0.3 is 11.1 Å². The van der Waals surface area contributed by atoms with Crippen molar-refractivity contribution in [1.82, 2.24) is 4.90 Å². The number of anilines is 1. The second-order valence-electron chi connectivity index (χ2n) is 7.21. The molecule has 0 saturated carbocycles. The smallest absolute Gasteiger partial charge is 0.369 e. The third kappa shape index (κ3) is 5.12. The molecule has 2 aromatic carbocycles. The molecule has 0 spiro atoms. The van der Waals surface area contributed by atoms with E-state index < -0.39 is 28.7 Å². The van der Waals surface area contributed by atoms with Crippen LogP contribution >= 0.6 is 11.6 Å². The van der Waals surface area contributed by atoms with Crippen molar-refractivity contribution in [3.63, 3.8) is 0 Å². The first-order valence-corrected chi connectivity index (χ1v) is 9.80. The lowest BCUT2D eigenvalue weighted by molar-refractivity contribution is -0.137. The van der Waals surface area contributed by atoms with Gasteiger partial charge in [-0.3, -0.25) is 14.5 Å². The van der Waals surface area contributed by atoms with Crippen LogP contribution in [-0.2, 0) is 15.8 Å². The van der Waals surface area contributed by atoms with Crippen LogP contribution in [0.1, 0.15) is 30.0 Å². The average molecular weight is 440 g/mol. The van der Waals surface area contributed by atoms with Gasteiger partial charge in [-0.05, 0) is 49.7 Å². The summed E-state index contributed by atoms with van der Waals surface area (Å²) in [5.41, 5.74) is 5.08. The molecular weight excluding hydrogens is 419 g/mol. The third-order valence-electron chi connectivity index (χ3n) is 5.20. The summed E-state index contributed by atoms with van der Waals surface area (Å²) in [6, 6.07) is 11.5. The minimum Gasteiger partial charge on any atom is -0.369 e. The Morgan fingerprint density at radius 2 is 1.73 bits per heavy atom. The summed E-state index contributed by atoms with van der Waals surface area (Å²) in [4.78, 5) is 26.5. The predicted molar refractivity (Wildman–Crippen MR) is 108 cm³/mol. The number of primary amides is 1. The number of nitrogens with two attached hydrogens (primary N) is 1. The number of alkyl halides is 3. The number of hydrogen-bond acceptors (Lipinski definition) is 3. The zero-order chi connectivity index (χ0) is 21.9. The topological polar surface area (TPSA) is 75.4 Å². The standard InChI is InChI=1S/C21H21ClF3N3O2/c22-17-7-6-15(12-16(17)21(23,24)25)27-20(30)18(13-4-2-1-3-5-13)28-10-8-14(9-11-28)19(26)29/h1-7,12,14,18H,8-11H2,(H2,26,29)(H,27,30). The molecule has 1 aliphatic rings. The van der Waals surface area contributed by atoms with Gasteiger partial charge in [0.1, 0.15) is 6.04 Å². The first-order chi connectivity index (χ1) is 14.2. The SMILES string of the molecule is NC(=O)C1CCN(C(C(=O)Nc2ccc(Cl)c(C(F)(F)F)c2)c2ccccc2)CC1. The van der Waals surface area contributed by atoms with Gasteiger partial charge in [-0.2, -0.15) is 13.2 Å². The number of nitrogens with zero attached hydrogens (tertiary/aromatic N) is 1. The van der Waals surface area contributed by atoms with E-state index in [0.29, 0.717) is 31.5 Å². The largest absolute Gasteiger partial charge is 0.417 e. The number of rotatable bonds is 5. The normalized spacial score (nSPS) is 16.8. The number of piperidine rings is 1. The van der Waals surface area contributed by atoms with E-state index in [2.05, 4.69) is 5.32 Å². The van der Waals surface area contributed by atoms with E-state index >= 15 is 0 Å². The van der Waals surface area contributed by atoms with Gasteiger partial charge in [0.25, 0.3) is 0 Å². The Morgan fingerprint density at radius 3 is 2.30 bits per heavy atom. The fourth-order valence-electron chi connectivity index (χ4n) is 3.64. The van der Waals surface area contributed by atoms with Crippen molar-refractivity contribution >= 4 is 29.1 Å².